The molecule has 35 heavy (non-hydrogen) atoms. The lowest BCUT2D eigenvalue weighted by molar-refractivity contribution is -0.124. The first kappa shape index (κ1) is 25.0. The number of likely N-dealkylation sites (N-methyl/N-ethyl adjacent to an activating group) is 1. The molecule has 188 valence electrons. The third-order valence-corrected chi connectivity index (χ3v) is 7.31. The predicted molar refractivity (Wildman–Crippen MR) is 134 cm³/mol. The van der Waals surface area contributed by atoms with Crippen molar-refractivity contribution in [3.63, 3.8) is 0 Å². The van der Waals surface area contributed by atoms with Gasteiger partial charge >= 0.3 is 0 Å². The van der Waals surface area contributed by atoms with E-state index >= 15 is 0 Å². The van der Waals surface area contributed by atoms with E-state index in [4.69, 9.17) is 9.47 Å². The van der Waals surface area contributed by atoms with Gasteiger partial charge in [-0.15, -0.1) is 0 Å². The average Bonchev–Trinajstić information content (AvgIpc) is 2.89. The second kappa shape index (κ2) is 11.1. The molecule has 1 aromatic heterocycles. The number of likely N-dealkylation sites (tertiary alicyclic amines) is 1. The number of carbonyl (C=O) groups is 2. The molecule has 0 bridgehead atoms. The standard InChI is InChI=1S/C27H36N4O4/c1-18-8-13-31(14-9-18)12-6-11-29-26(32)24-20-15-22(34-3)23(35-4)16-21(20)27(33)30(2)25(24)19-7-5-10-28-17-19/h5,7,10,15-18,24-25H,6,8-9,11-14H2,1-4H3,(H,29,32)/t24-,25+/m1/s1. The summed E-state index contributed by atoms with van der Waals surface area (Å²) in [5.74, 6) is 0.871. The molecule has 3 heterocycles. The lowest BCUT2D eigenvalue weighted by atomic mass is 9.79. The second-order valence-electron chi connectivity index (χ2n) is 9.59. The Labute approximate surface area is 207 Å². The highest BCUT2D eigenvalue weighted by Crippen LogP contribution is 2.45. The highest BCUT2D eigenvalue weighted by molar-refractivity contribution is 6.02. The van der Waals surface area contributed by atoms with E-state index in [1.165, 1.54) is 20.0 Å². The number of rotatable bonds is 8. The van der Waals surface area contributed by atoms with Crippen LogP contribution < -0.4 is 14.8 Å². The molecule has 1 aromatic carbocycles. The molecule has 2 amide bonds. The van der Waals surface area contributed by atoms with Crippen molar-refractivity contribution in [2.45, 2.75) is 38.1 Å². The number of amides is 2. The molecule has 0 aliphatic carbocycles. The van der Waals surface area contributed by atoms with Crippen LogP contribution in [0.3, 0.4) is 0 Å². The molecule has 1 saturated heterocycles. The SMILES string of the molecule is COc1cc2c(cc1OC)[C@@H](C(=O)NCCCN1CCC(C)CC1)[C@H](c1cccnc1)N(C)C2=O. The fourth-order valence-corrected chi connectivity index (χ4v) is 5.21. The number of nitrogens with one attached hydrogen (secondary N) is 1. The fraction of sp³-hybridized carbons (Fsp3) is 0.519. The molecule has 1 N–H and O–H groups in total. The van der Waals surface area contributed by atoms with Crippen LogP contribution in [0.4, 0.5) is 0 Å². The minimum atomic E-state index is -0.604. The average molecular weight is 481 g/mol. The van der Waals surface area contributed by atoms with Gasteiger partial charge in [0, 0.05) is 31.5 Å². The maximum atomic E-state index is 13.7. The quantitative estimate of drug-likeness (QED) is 0.584. The molecule has 0 unspecified atom stereocenters. The van der Waals surface area contributed by atoms with Crippen LogP contribution in [0.1, 0.15) is 59.6 Å². The van der Waals surface area contributed by atoms with Crippen molar-refractivity contribution in [1.29, 1.82) is 0 Å². The van der Waals surface area contributed by atoms with Gasteiger partial charge in [-0.05, 0) is 74.1 Å². The largest absolute Gasteiger partial charge is 0.493 e. The molecular weight excluding hydrogens is 444 g/mol. The van der Waals surface area contributed by atoms with Gasteiger partial charge in [0.05, 0.1) is 26.2 Å². The van der Waals surface area contributed by atoms with E-state index in [1.54, 1.807) is 43.6 Å². The Morgan fingerprint density at radius 2 is 1.89 bits per heavy atom. The van der Waals surface area contributed by atoms with Crippen molar-refractivity contribution >= 4 is 11.8 Å². The summed E-state index contributed by atoms with van der Waals surface area (Å²) >= 11 is 0. The van der Waals surface area contributed by atoms with Gasteiger partial charge in [0.1, 0.15) is 0 Å². The topological polar surface area (TPSA) is 84.0 Å². The summed E-state index contributed by atoms with van der Waals surface area (Å²) in [6.45, 7) is 6.13. The van der Waals surface area contributed by atoms with Crippen molar-refractivity contribution in [2.24, 2.45) is 5.92 Å². The Kier molecular flexibility index (Phi) is 7.90. The van der Waals surface area contributed by atoms with Crippen molar-refractivity contribution in [2.75, 3.05) is 47.4 Å². The van der Waals surface area contributed by atoms with Crippen LogP contribution in [0.15, 0.2) is 36.7 Å². The Morgan fingerprint density at radius 1 is 1.17 bits per heavy atom. The number of aromatic nitrogens is 1. The van der Waals surface area contributed by atoms with E-state index in [-0.39, 0.29) is 11.8 Å². The first-order valence-electron chi connectivity index (χ1n) is 12.4. The molecule has 0 spiro atoms. The van der Waals surface area contributed by atoms with Gasteiger partial charge in [0.2, 0.25) is 5.91 Å². The van der Waals surface area contributed by atoms with Gasteiger partial charge in [-0.25, -0.2) is 0 Å². The normalized spacial score (nSPS) is 20.9. The van der Waals surface area contributed by atoms with Crippen molar-refractivity contribution in [3.05, 3.63) is 53.3 Å². The second-order valence-corrected chi connectivity index (χ2v) is 9.59. The molecule has 2 aromatic rings. The van der Waals surface area contributed by atoms with E-state index in [1.807, 2.05) is 12.1 Å². The molecular formula is C27H36N4O4. The lowest BCUT2D eigenvalue weighted by Gasteiger charge is -2.40. The summed E-state index contributed by atoms with van der Waals surface area (Å²) < 4.78 is 10.9. The number of piperidine rings is 1. The van der Waals surface area contributed by atoms with Crippen LogP contribution in [-0.2, 0) is 4.79 Å². The minimum absolute atomic E-state index is 0.112. The number of hydrogen-bond acceptors (Lipinski definition) is 6. The van der Waals surface area contributed by atoms with Gasteiger partial charge in [-0.1, -0.05) is 13.0 Å². The number of ether oxygens (including phenoxy) is 2. The van der Waals surface area contributed by atoms with Crippen LogP contribution in [0, 0.1) is 5.92 Å². The number of methoxy groups -OCH3 is 2. The molecule has 2 aliphatic heterocycles. The van der Waals surface area contributed by atoms with Gasteiger partial charge in [0.25, 0.3) is 5.91 Å². The smallest absolute Gasteiger partial charge is 0.254 e. The van der Waals surface area contributed by atoms with E-state index in [0.29, 0.717) is 29.2 Å². The summed E-state index contributed by atoms with van der Waals surface area (Å²) in [5, 5.41) is 3.15. The first-order chi connectivity index (χ1) is 16.9. The highest BCUT2D eigenvalue weighted by atomic mass is 16.5. The molecule has 1 fully saturated rings. The zero-order valence-electron chi connectivity index (χ0n) is 21.1. The maximum absolute atomic E-state index is 13.7. The summed E-state index contributed by atoms with van der Waals surface area (Å²) in [6.07, 6.45) is 6.77. The summed E-state index contributed by atoms with van der Waals surface area (Å²) in [7, 11) is 4.82. The van der Waals surface area contributed by atoms with Crippen molar-refractivity contribution < 1.29 is 19.1 Å². The molecule has 4 rings (SSSR count). The fourth-order valence-electron chi connectivity index (χ4n) is 5.21. The first-order valence-corrected chi connectivity index (χ1v) is 12.4. The van der Waals surface area contributed by atoms with Crippen LogP contribution >= 0.6 is 0 Å². The number of hydrogen-bond donors (Lipinski definition) is 1. The summed E-state index contributed by atoms with van der Waals surface area (Å²) in [4.78, 5) is 35.4. The van der Waals surface area contributed by atoms with Gasteiger partial charge in [-0.3, -0.25) is 14.6 Å². The molecule has 0 radical (unpaired) electrons. The highest BCUT2D eigenvalue weighted by Gasteiger charge is 2.43. The van der Waals surface area contributed by atoms with Crippen LogP contribution in [0.2, 0.25) is 0 Å². The number of benzene rings is 1. The van der Waals surface area contributed by atoms with Crippen molar-refractivity contribution in [1.82, 2.24) is 20.1 Å². The Morgan fingerprint density at radius 3 is 2.54 bits per heavy atom. The third-order valence-electron chi connectivity index (χ3n) is 7.31. The van der Waals surface area contributed by atoms with Gasteiger partial charge < -0.3 is 24.6 Å². The zero-order chi connectivity index (χ0) is 24.9. The third kappa shape index (κ3) is 5.27. The van der Waals surface area contributed by atoms with Crippen LogP contribution in [-0.4, -0.2) is 74.0 Å². The lowest BCUT2D eigenvalue weighted by Crippen LogP contribution is -2.46. The van der Waals surface area contributed by atoms with E-state index < -0.39 is 12.0 Å². The number of nitrogens with zero attached hydrogens (tertiary/aromatic N) is 3. The zero-order valence-corrected chi connectivity index (χ0v) is 21.1. The predicted octanol–water partition coefficient (Wildman–Crippen LogP) is 3.25. The molecule has 0 saturated carbocycles. The minimum Gasteiger partial charge on any atom is -0.493 e. The molecule has 8 heteroatoms. The van der Waals surface area contributed by atoms with E-state index in [0.717, 1.165) is 37.5 Å². The van der Waals surface area contributed by atoms with Crippen LogP contribution in [0.25, 0.3) is 0 Å². The number of carbonyl (C=O) groups excluding carboxylic acids is 2. The van der Waals surface area contributed by atoms with Gasteiger partial charge in [0.15, 0.2) is 11.5 Å². The molecule has 8 nitrogen and oxygen atoms in total. The Hall–Kier alpha value is -3.13. The summed E-state index contributed by atoms with van der Waals surface area (Å²) in [5.41, 5.74) is 1.90. The number of fused-ring (bicyclic) bond motifs is 1. The Balaban J connectivity index is 1.59. The van der Waals surface area contributed by atoms with E-state index in [2.05, 4.69) is 22.1 Å². The maximum Gasteiger partial charge on any atom is 0.254 e. The van der Waals surface area contributed by atoms with Gasteiger partial charge in [-0.2, -0.15) is 0 Å². The summed E-state index contributed by atoms with van der Waals surface area (Å²) in [6, 6.07) is 6.69. The van der Waals surface area contributed by atoms with Crippen molar-refractivity contribution in [3.8, 4) is 11.5 Å². The number of pyridine rings is 1. The molecule has 2 atom stereocenters. The Bertz CT molecular complexity index is 1040. The van der Waals surface area contributed by atoms with Crippen LogP contribution in [0.5, 0.6) is 11.5 Å². The molecule has 2 aliphatic rings. The monoisotopic (exact) mass is 480 g/mol. The van der Waals surface area contributed by atoms with E-state index in [9.17, 15) is 9.59 Å².